The number of hydrogen-bond acceptors (Lipinski definition) is 4. The smallest absolute Gasteiger partial charge is 0.340 e. The maximum absolute atomic E-state index is 11.5. The van der Waals surface area contributed by atoms with E-state index in [0.717, 1.165) is 25.7 Å². The predicted molar refractivity (Wildman–Crippen MR) is 79.8 cm³/mol. The van der Waals surface area contributed by atoms with E-state index in [4.69, 9.17) is 9.84 Å². The lowest BCUT2D eigenvalue weighted by Crippen LogP contribution is -2.06. The van der Waals surface area contributed by atoms with Gasteiger partial charge >= 0.3 is 5.97 Å². The minimum atomic E-state index is -1.01. The number of aliphatic hydroxyl groups is 1. The largest absolute Gasteiger partial charge is 0.491 e. The number of carboxylic acid groups (broad SMARTS) is 1. The first kappa shape index (κ1) is 15.3. The van der Waals surface area contributed by atoms with Gasteiger partial charge in [-0.2, -0.15) is 0 Å². The third kappa shape index (κ3) is 3.92. The van der Waals surface area contributed by atoms with Gasteiger partial charge in [-0.15, -0.1) is 0 Å². The van der Waals surface area contributed by atoms with Gasteiger partial charge in [0.2, 0.25) is 0 Å². The fourth-order valence-corrected chi connectivity index (χ4v) is 2.20. The Hall–Kier alpha value is -2.14. The Labute approximate surface area is 123 Å². The number of unbranched alkanes of at least 4 members (excludes halogenated alkanes) is 3. The minimum absolute atomic E-state index is 0.163. The van der Waals surface area contributed by atoms with Crippen LogP contribution in [0.4, 0.5) is 0 Å². The van der Waals surface area contributed by atoms with Crippen molar-refractivity contribution in [3.05, 3.63) is 36.0 Å². The molecule has 0 saturated heterocycles. The molecule has 5 heteroatoms. The van der Waals surface area contributed by atoms with Crippen LogP contribution >= 0.6 is 0 Å². The van der Waals surface area contributed by atoms with Crippen molar-refractivity contribution in [2.24, 2.45) is 0 Å². The lowest BCUT2D eigenvalue weighted by molar-refractivity contribution is 0.0694. The molecule has 21 heavy (non-hydrogen) atoms. The minimum Gasteiger partial charge on any atom is -0.491 e. The summed E-state index contributed by atoms with van der Waals surface area (Å²) in [5.41, 5.74) is 0.807. The van der Waals surface area contributed by atoms with Crippen LogP contribution in [0.2, 0.25) is 0 Å². The Morgan fingerprint density at radius 3 is 2.67 bits per heavy atom. The third-order valence-electron chi connectivity index (χ3n) is 3.26. The second-order valence-electron chi connectivity index (χ2n) is 4.81. The fraction of sp³-hybridized carbons (Fsp3) is 0.375. The molecule has 1 aromatic heterocycles. The number of aromatic nitrogens is 1. The SMILES string of the molecule is O=C(O)c1c(OCCCCCCO)cnc2ccccc12. The molecule has 1 aromatic carbocycles. The summed E-state index contributed by atoms with van der Waals surface area (Å²) >= 11 is 0. The number of benzene rings is 1. The number of rotatable bonds is 8. The molecule has 112 valence electrons. The van der Waals surface area contributed by atoms with Crippen molar-refractivity contribution < 1.29 is 19.7 Å². The number of para-hydroxylation sites is 1. The number of carboxylic acids is 1. The molecular formula is C16H19NO4. The van der Waals surface area contributed by atoms with Crippen LogP contribution in [-0.4, -0.2) is 34.4 Å². The first-order chi connectivity index (χ1) is 10.2. The van der Waals surface area contributed by atoms with Crippen molar-refractivity contribution in [1.29, 1.82) is 0 Å². The van der Waals surface area contributed by atoms with Crippen LogP contribution in [0.5, 0.6) is 5.75 Å². The van der Waals surface area contributed by atoms with Gasteiger partial charge in [-0.1, -0.05) is 24.6 Å². The van der Waals surface area contributed by atoms with Crippen LogP contribution in [0.15, 0.2) is 30.5 Å². The van der Waals surface area contributed by atoms with Crippen molar-refractivity contribution in [2.75, 3.05) is 13.2 Å². The van der Waals surface area contributed by atoms with Gasteiger partial charge in [0.15, 0.2) is 5.75 Å². The Balaban J connectivity index is 2.09. The van der Waals surface area contributed by atoms with Gasteiger partial charge in [-0.25, -0.2) is 4.79 Å². The van der Waals surface area contributed by atoms with Gasteiger partial charge < -0.3 is 14.9 Å². The molecule has 0 aliphatic rings. The van der Waals surface area contributed by atoms with Gasteiger partial charge in [-0.3, -0.25) is 4.98 Å². The van der Waals surface area contributed by atoms with Gasteiger partial charge in [0.05, 0.1) is 18.3 Å². The number of carbonyl (C=O) groups is 1. The Morgan fingerprint density at radius 2 is 1.90 bits per heavy atom. The van der Waals surface area contributed by atoms with Crippen molar-refractivity contribution in [3.8, 4) is 5.75 Å². The Morgan fingerprint density at radius 1 is 1.14 bits per heavy atom. The van der Waals surface area contributed by atoms with Crippen molar-refractivity contribution in [1.82, 2.24) is 4.98 Å². The van der Waals surface area contributed by atoms with Gasteiger partial charge in [0.1, 0.15) is 5.56 Å². The van der Waals surface area contributed by atoms with Crippen LogP contribution in [0.3, 0.4) is 0 Å². The lowest BCUT2D eigenvalue weighted by atomic mass is 10.1. The zero-order valence-electron chi connectivity index (χ0n) is 11.8. The second-order valence-corrected chi connectivity index (χ2v) is 4.81. The zero-order valence-corrected chi connectivity index (χ0v) is 11.8. The molecule has 0 unspecified atom stereocenters. The highest BCUT2D eigenvalue weighted by Crippen LogP contribution is 2.26. The molecule has 0 fully saturated rings. The van der Waals surface area contributed by atoms with Gasteiger partial charge in [-0.05, 0) is 25.3 Å². The molecule has 0 radical (unpaired) electrons. The number of pyridine rings is 1. The molecule has 0 atom stereocenters. The van der Waals surface area contributed by atoms with Crippen molar-refractivity contribution in [2.45, 2.75) is 25.7 Å². The normalized spacial score (nSPS) is 10.7. The monoisotopic (exact) mass is 289 g/mol. The summed E-state index contributed by atoms with van der Waals surface area (Å²) in [4.78, 5) is 15.7. The average molecular weight is 289 g/mol. The van der Waals surface area contributed by atoms with Crippen LogP contribution < -0.4 is 4.74 Å². The van der Waals surface area contributed by atoms with E-state index in [0.29, 0.717) is 23.3 Å². The van der Waals surface area contributed by atoms with E-state index in [-0.39, 0.29) is 12.2 Å². The maximum atomic E-state index is 11.5. The Kier molecular flexibility index (Phi) is 5.51. The Bertz CT molecular complexity index is 612. The third-order valence-corrected chi connectivity index (χ3v) is 3.26. The van der Waals surface area contributed by atoms with Crippen molar-refractivity contribution in [3.63, 3.8) is 0 Å². The molecule has 0 spiro atoms. The first-order valence-corrected chi connectivity index (χ1v) is 7.08. The molecule has 1 heterocycles. The molecular weight excluding hydrogens is 270 g/mol. The van der Waals surface area contributed by atoms with Gasteiger partial charge in [0, 0.05) is 12.0 Å². The summed E-state index contributed by atoms with van der Waals surface area (Å²) in [5, 5.41) is 18.7. The molecule has 0 amide bonds. The summed E-state index contributed by atoms with van der Waals surface area (Å²) in [6.45, 7) is 0.657. The topological polar surface area (TPSA) is 79.7 Å². The van der Waals surface area contributed by atoms with Crippen LogP contribution in [0.1, 0.15) is 36.0 Å². The van der Waals surface area contributed by atoms with Crippen LogP contribution in [0.25, 0.3) is 10.9 Å². The van der Waals surface area contributed by atoms with E-state index in [9.17, 15) is 9.90 Å². The summed E-state index contributed by atoms with van der Waals surface area (Å²) in [6, 6.07) is 7.12. The number of aliphatic hydroxyl groups excluding tert-OH is 1. The fourth-order valence-electron chi connectivity index (χ4n) is 2.20. The predicted octanol–water partition coefficient (Wildman–Crippen LogP) is 2.86. The molecule has 2 N–H and O–H groups in total. The zero-order chi connectivity index (χ0) is 15.1. The maximum Gasteiger partial charge on any atom is 0.340 e. The molecule has 5 nitrogen and oxygen atoms in total. The molecule has 2 aromatic rings. The number of hydrogen-bond donors (Lipinski definition) is 2. The number of aromatic carboxylic acids is 1. The van der Waals surface area contributed by atoms with Crippen molar-refractivity contribution >= 4 is 16.9 Å². The highest BCUT2D eigenvalue weighted by Gasteiger charge is 2.16. The number of ether oxygens (including phenoxy) is 1. The highest BCUT2D eigenvalue weighted by molar-refractivity contribution is 6.04. The van der Waals surface area contributed by atoms with Crippen LogP contribution in [0, 0.1) is 0 Å². The van der Waals surface area contributed by atoms with E-state index in [1.165, 1.54) is 6.20 Å². The van der Waals surface area contributed by atoms with Crippen LogP contribution in [-0.2, 0) is 0 Å². The average Bonchev–Trinajstić information content (AvgIpc) is 2.50. The molecule has 0 aliphatic heterocycles. The quantitative estimate of drug-likeness (QED) is 0.730. The molecule has 0 aliphatic carbocycles. The highest BCUT2D eigenvalue weighted by atomic mass is 16.5. The standard InChI is InChI=1S/C16H19NO4/c18-9-5-1-2-6-10-21-14-11-17-13-8-4-3-7-12(13)15(14)16(19)20/h3-4,7-8,11,18H,1-2,5-6,9-10H2,(H,19,20). The number of fused-ring (bicyclic) bond motifs is 1. The summed E-state index contributed by atoms with van der Waals surface area (Å²) in [5.74, 6) is -0.702. The molecule has 2 rings (SSSR count). The summed E-state index contributed by atoms with van der Waals surface area (Å²) in [6.07, 6.45) is 4.98. The van der Waals surface area contributed by atoms with E-state index < -0.39 is 5.97 Å². The van der Waals surface area contributed by atoms with Gasteiger partial charge in [0.25, 0.3) is 0 Å². The second kappa shape index (κ2) is 7.59. The van der Waals surface area contributed by atoms with E-state index in [2.05, 4.69) is 4.98 Å². The molecule has 0 bridgehead atoms. The van der Waals surface area contributed by atoms with E-state index in [1.807, 2.05) is 6.07 Å². The molecule has 0 saturated carbocycles. The number of nitrogens with zero attached hydrogens (tertiary/aromatic N) is 1. The van der Waals surface area contributed by atoms with E-state index >= 15 is 0 Å². The lowest BCUT2D eigenvalue weighted by Gasteiger charge is -2.10. The van der Waals surface area contributed by atoms with E-state index in [1.54, 1.807) is 18.2 Å². The summed E-state index contributed by atoms with van der Waals surface area (Å²) in [7, 11) is 0. The first-order valence-electron chi connectivity index (χ1n) is 7.08. The summed E-state index contributed by atoms with van der Waals surface area (Å²) < 4.78 is 5.58.